The molecule has 0 amide bonds. The molecule has 0 aliphatic carbocycles. The first-order chi connectivity index (χ1) is 4.83. The SMILES string of the molecule is CCCOC.CCCOC. The summed E-state index contributed by atoms with van der Waals surface area (Å²) in [6.07, 6.45) is 2.24. The second-order valence-corrected chi connectivity index (χ2v) is 1.99. The fourth-order valence-corrected chi connectivity index (χ4v) is 0.408. The molecule has 0 radical (unpaired) electrons. The summed E-state index contributed by atoms with van der Waals surface area (Å²) in [4.78, 5) is 0. The van der Waals surface area contributed by atoms with Crippen molar-refractivity contribution < 1.29 is 9.47 Å². The van der Waals surface area contributed by atoms with Gasteiger partial charge in [-0.2, -0.15) is 0 Å². The molecule has 10 heavy (non-hydrogen) atoms. The van der Waals surface area contributed by atoms with E-state index in [-0.39, 0.29) is 0 Å². The third-order valence-corrected chi connectivity index (χ3v) is 0.816. The van der Waals surface area contributed by atoms with Gasteiger partial charge in [-0.25, -0.2) is 0 Å². The molecular weight excluding hydrogens is 128 g/mol. The molecule has 0 atom stereocenters. The van der Waals surface area contributed by atoms with Crippen molar-refractivity contribution >= 4 is 0 Å². The van der Waals surface area contributed by atoms with Gasteiger partial charge in [0.2, 0.25) is 0 Å². The molecule has 0 aromatic carbocycles. The number of hydrogen-bond donors (Lipinski definition) is 0. The monoisotopic (exact) mass is 148 g/mol. The minimum atomic E-state index is 0.889. The number of rotatable bonds is 4. The van der Waals surface area contributed by atoms with E-state index in [2.05, 4.69) is 13.8 Å². The Hall–Kier alpha value is -0.0800. The summed E-state index contributed by atoms with van der Waals surface area (Å²) < 4.78 is 9.38. The van der Waals surface area contributed by atoms with Gasteiger partial charge in [0.1, 0.15) is 0 Å². The van der Waals surface area contributed by atoms with Gasteiger partial charge < -0.3 is 9.47 Å². The predicted molar refractivity (Wildman–Crippen MR) is 44.3 cm³/mol. The summed E-state index contributed by atoms with van der Waals surface area (Å²) in [5.41, 5.74) is 0. The van der Waals surface area contributed by atoms with Crippen LogP contribution in [0, 0.1) is 0 Å². The lowest BCUT2D eigenvalue weighted by atomic mass is 10.5. The van der Waals surface area contributed by atoms with Crippen molar-refractivity contribution in [2.24, 2.45) is 0 Å². The number of methoxy groups -OCH3 is 2. The molecule has 0 spiro atoms. The molecule has 0 bridgehead atoms. The van der Waals surface area contributed by atoms with E-state index in [1.54, 1.807) is 14.2 Å². The standard InChI is InChI=1S/2C4H10O/c2*1-3-4-5-2/h2*3-4H2,1-2H3. The van der Waals surface area contributed by atoms with Crippen molar-refractivity contribution in [1.29, 1.82) is 0 Å². The Labute approximate surface area is 64.5 Å². The summed E-state index contributed by atoms with van der Waals surface area (Å²) >= 11 is 0. The minimum Gasteiger partial charge on any atom is -0.385 e. The third kappa shape index (κ3) is 24.7. The van der Waals surface area contributed by atoms with Crippen LogP contribution < -0.4 is 0 Å². The van der Waals surface area contributed by atoms with Crippen LogP contribution in [0.5, 0.6) is 0 Å². The first-order valence-electron chi connectivity index (χ1n) is 3.81. The van der Waals surface area contributed by atoms with Crippen LogP contribution in [0.4, 0.5) is 0 Å². The number of hydrogen-bond acceptors (Lipinski definition) is 2. The highest BCUT2D eigenvalue weighted by Gasteiger charge is 1.66. The van der Waals surface area contributed by atoms with Crippen LogP contribution in [0.3, 0.4) is 0 Å². The molecule has 0 aromatic rings. The molecule has 0 heterocycles. The fraction of sp³-hybridized carbons (Fsp3) is 1.00. The first-order valence-corrected chi connectivity index (χ1v) is 3.81. The lowest BCUT2D eigenvalue weighted by molar-refractivity contribution is 0.199. The molecule has 0 fully saturated rings. The maximum atomic E-state index is 4.69. The summed E-state index contributed by atoms with van der Waals surface area (Å²) in [5, 5.41) is 0. The predicted octanol–water partition coefficient (Wildman–Crippen LogP) is 2.09. The van der Waals surface area contributed by atoms with Crippen LogP contribution in [-0.2, 0) is 9.47 Å². The van der Waals surface area contributed by atoms with Gasteiger partial charge in [0.05, 0.1) is 0 Å². The van der Waals surface area contributed by atoms with Crippen molar-refractivity contribution in [3.63, 3.8) is 0 Å². The molecule has 0 aliphatic heterocycles. The molecule has 0 aliphatic rings. The molecule has 0 saturated heterocycles. The van der Waals surface area contributed by atoms with Gasteiger partial charge in [-0.1, -0.05) is 13.8 Å². The fourth-order valence-electron chi connectivity index (χ4n) is 0.408. The average molecular weight is 148 g/mol. The third-order valence-electron chi connectivity index (χ3n) is 0.816. The first kappa shape index (κ1) is 12.6. The van der Waals surface area contributed by atoms with Gasteiger partial charge in [-0.3, -0.25) is 0 Å². The van der Waals surface area contributed by atoms with Gasteiger partial charge >= 0.3 is 0 Å². The van der Waals surface area contributed by atoms with E-state index in [4.69, 9.17) is 9.47 Å². The second-order valence-electron chi connectivity index (χ2n) is 1.99. The van der Waals surface area contributed by atoms with Crippen molar-refractivity contribution in [2.75, 3.05) is 27.4 Å². The van der Waals surface area contributed by atoms with Gasteiger partial charge in [-0.15, -0.1) is 0 Å². The summed E-state index contributed by atoms with van der Waals surface area (Å²) in [7, 11) is 3.42. The number of ether oxygens (including phenoxy) is 2. The lowest BCUT2D eigenvalue weighted by Gasteiger charge is -1.84. The quantitative estimate of drug-likeness (QED) is 0.607. The van der Waals surface area contributed by atoms with E-state index in [0.717, 1.165) is 26.1 Å². The molecule has 0 saturated carbocycles. The Bertz CT molecular complexity index is 28.2. The van der Waals surface area contributed by atoms with Crippen molar-refractivity contribution in [3.8, 4) is 0 Å². The van der Waals surface area contributed by atoms with Gasteiger partial charge in [0.25, 0.3) is 0 Å². The summed E-state index contributed by atoms with van der Waals surface area (Å²) in [5.74, 6) is 0. The van der Waals surface area contributed by atoms with Crippen molar-refractivity contribution in [3.05, 3.63) is 0 Å². The Morgan fingerprint density at radius 2 is 1.10 bits per heavy atom. The second kappa shape index (κ2) is 16.0. The van der Waals surface area contributed by atoms with Crippen LogP contribution >= 0.6 is 0 Å². The Morgan fingerprint density at radius 3 is 1.10 bits per heavy atom. The van der Waals surface area contributed by atoms with E-state index in [9.17, 15) is 0 Å². The molecule has 2 heteroatoms. The molecule has 0 aromatic heterocycles. The van der Waals surface area contributed by atoms with E-state index in [1.807, 2.05) is 0 Å². The zero-order valence-corrected chi connectivity index (χ0v) is 7.64. The van der Waals surface area contributed by atoms with Gasteiger partial charge in [-0.05, 0) is 12.8 Å². The van der Waals surface area contributed by atoms with Crippen LogP contribution in [0.2, 0.25) is 0 Å². The van der Waals surface area contributed by atoms with Crippen LogP contribution in [0.25, 0.3) is 0 Å². The van der Waals surface area contributed by atoms with E-state index >= 15 is 0 Å². The van der Waals surface area contributed by atoms with E-state index in [1.165, 1.54) is 0 Å². The van der Waals surface area contributed by atoms with Gasteiger partial charge in [0.15, 0.2) is 0 Å². The smallest absolute Gasteiger partial charge is 0.0459 e. The van der Waals surface area contributed by atoms with Crippen molar-refractivity contribution in [1.82, 2.24) is 0 Å². The minimum absolute atomic E-state index is 0.889. The highest BCUT2D eigenvalue weighted by atomic mass is 16.5. The molecule has 0 N–H and O–H groups in total. The Kier molecular flexibility index (Phi) is 20.1. The largest absolute Gasteiger partial charge is 0.385 e. The van der Waals surface area contributed by atoms with Crippen molar-refractivity contribution in [2.45, 2.75) is 26.7 Å². The van der Waals surface area contributed by atoms with E-state index < -0.39 is 0 Å². The zero-order chi connectivity index (χ0) is 8.24. The maximum absolute atomic E-state index is 4.69. The summed E-state index contributed by atoms with van der Waals surface area (Å²) in [6.45, 7) is 5.95. The molecule has 2 nitrogen and oxygen atoms in total. The lowest BCUT2D eigenvalue weighted by Crippen LogP contribution is -1.80. The Morgan fingerprint density at radius 1 is 0.800 bits per heavy atom. The van der Waals surface area contributed by atoms with Crippen LogP contribution in [0.1, 0.15) is 26.7 Å². The molecule has 0 rings (SSSR count). The van der Waals surface area contributed by atoms with Gasteiger partial charge in [0, 0.05) is 27.4 Å². The average Bonchev–Trinajstić information content (AvgIpc) is 1.93. The normalized spacial score (nSPS) is 8.40. The summed E-state index contributed by atoms with van der Waals surface area (Å²) in [6, 6.07) is 0. The highest BCUT2D eigenvalue weighted by Crippen LogP contribution is 1.71. The van der Waals surface area contributed by atoms with E-state index in [0.29, 0.717) is 0 Å². The zero-order valence-electron chi connectivity index (χ0n) is 7.64. The topological polar surface area (TPSA) is 18.5 Å². The maximum Gasteiger partial charge on any atom is 0.0459 e. The van der Waals surface area contributed by atoms with Crippen LogP contribution in [0.15, 0.2) is 0 Å². The Balaban J connectivity index is 0. The molecular formula is C8H20O2. The molecule has 0 unspecified atom stereocenters. The van der Waals surface area contributed by atoms with Crippen LogP contribution in [-0.4, -0.2) is 27.4 Å². The molecule has 64 valence electrons. The highest BCUT2D eigenvalue weighted by molar-refractivity contribution is 4.15.